The van der Waals surface area contributed by atoms with Crippen molar-refractivity contribution in [1.29, 1.82) is 0 Å². The lowest BCUT2D eigenvalue weighted by molar-refractivity contribution is 0.102. The molecule has 2 heterocycles. The molecule has 0 saturated carbocycles. The minimum atomic E-state index is -0.216. The number of hydrogen-bond donors (Lipinski definition) is 1. The minimum absolute atomic E-state index is 0.216. The summed E-state index contributed by atoms with van der Waals surface area (Å²) in [5.41, 5.74) is 2.34. The molecule has 1 aromatic carbocycles. The van der Waals surface area contributed by atoms with Crippen LogP contribution in [-0.4, -0.2) is 25.2 Å². The van der Waals surface area contributed by atoms with Gasteiger partial charge in [-0.15, -0.1) is 0 Å². The second-order valence-electron chi connectivity index (χ2n) is 4.34. The number of carbonyl (C=O) groups excluding carboxylic acids is 1. The maximum atomic E-state index is 12.0. The highest BCUT2D eigenvalue weighted by Gasteiger charge is 2.13. The van der Waals surface area contributed by atoms with E-state index >= 15 is 0 Å². The maximum Gasteiger partial charge on any atom is 0.261 e. The molecule has 0 fully saturated rings. The average molecular weight is 255 g/mol. The number of carbonyl (C=O) groups is 1. The van der Waals surface area contributed by atoms with Crippen LogP contribution in [-0.2, 0) is 14.1 Å². The molecule has 3 rings (SSSR count). The van der Waals surface area contributed by atoms with Gasteiger partial charge in [0.1, 0.15) is 0 Å². The number of aromatic nitrogens is 4. The summed E-state index contributed by atoms with van der Waals surface area (Å²) < 4.78 is 3.44. The van der Waals surface area contributed by atoms with Gasteiger partial charge in [-0.3, -0.25) is 14.8 Å². The van der Waals surface area contributed by atoms with Crippen LogP contribution in [0.4, 0.5) is 5.95 Å². The predicted molar refractivity (Wildman–Crippen MR) is 71.9 cm³/mol. The van der Waals surface area contributed by atoms with Crippen molar-refractivity contribution in [1.82, 2.24) is 19.3 Å². The molecule has 1 N–H and O–H groups in total. The second-order valence-corrected chi connectivity index (χ2v) is 4.34. The summed E-state index contributed by atoms with van der Waals surface area (Å²) >= 11 is 0. The molecule has 0 radical (unpaired) electrons. The smallest absolute Gasteiger partial charge is 0.261 e. The van der Waals surface area contributed by atoms with Gasteiger partial charge in [0.05, 0.1) is 22.8 Å². The standard InChI is InChI=1S/C13H13N5O/c1-17-8-9(7-14-17)12(19)16-13-15-10-5-3-4-6-11(10)18(13)2/h3-8H,1-2H3,(H,15,16,19). The Morgan fingerprint density at radius 2 is 2.05 bits per heavy atom. The Hall–Kier alpha value is -2.63. The third kappa shape index (κ3) is 1.97. The first-order valence-corrected chi connectivity index (χ1v) is 5.86. The number of aryl methyl sites for hydroxylation is 2. The highest BCUT2D eigenvalue weighted by molar-refractivity contribution is 6.03. The van der Waals surface area contributed by atoms with E-state index in [-0.39, 0.29) is 5.91 Å². The summed E-state index contributed by atoms with van der Waals surface area (Å²) in [6.45, 7) is 0. The van der Waals surface area contributed by atoms with Crippen LogP contribution in [0.25, 0.3) is 11.0 Å². The van der Waals surface area contributed by atoms with Crippen LogP contribution in [0, 0.1) is 0 Å². The highest BCUT2D eigenvalue weighted by atomic mass is 16.1. The monoisotopic (exact) mass is 255 g/mol. The van der Waals surface area contributed by atoms with Crippen molar-refractivity contribution in [3.05, 3.63) is 42.2 Å². The van der Waals surface area contributed by atoms with Crippen LogP contribution in [0.5, 0.6) is 0 Å². The lowest BCUT2D eigenvalue weighted by Crippen LogP contribution is -2.14. The van der Waals surface area contributed by atoms with E-state index in [0.29, 0.717) is 11.5 Å². The number of amides is 1. The molecule has 6 nitrogen and oxygen atoms in total. The molecule has 0 saturated heterocycles. The largest absolute Gasteiger partial charge is 0.313 e. The number of hydrogen-bond acceptors (Lipinski definition) is 3. The minimum Gasteiger partial charge on any atom is -0.313 e. The third-order valence-corrected chi connectivity index (χ3v) is 2.98. The highest BCUT2D eigenvalue weighted by Crippen LogP contribution is 2.17. The van der Waals surface area contributed by atoms with Crippen LogP contribution in [0.3, 0.4) is 0 Å². The van der Waals surface area contributed by atoms with Crippen LogP contribution in [0.2, 0.25) is 0 Å². The van der Waals surface area contributed by atoms with Crippen molar-refractivity contribution in [3.8, 4) is 0 Å². The van der Waals surface area contributed by atoms with E-state index in [0.717, 1.165) is 11.0 Å². The third-order valence-electron chi connectivity index (χ3n) is 2.98. The molecule has 1 amide bonds. The predicted octanol–water partition coefficient (Wildman–Crippen LogP) is 1.56. The molecule has 0 aliphatic carbocycles. The fourth-order valence-electron chi connectivity index (χ4n) is 1.97. The first-order valence-electron chi connectivity index (χ1n) is 5.86. The van der Waals surface area contributed by atoms with Crippen molar-refractivity contribution >= 4 is 22.9 Å². The Morgan fingerprint density at radius 3 is 2.74 bits per heavy atom. The van der Waals surface area contributed by atoms with Crippen LogP contribution in [0.1, 0.15) is 10.4 Å². The molecular weight excluding hydrogens is 242 g/mol. The SMILES string of the molecule is Cn1cc(C(=O)Nc2nc3ccccc3n2C)cn1. The van der Waals surface area contributed by atoms with E-state index < -0.39 is 0 Å². The molecular formula is C13H13N5O. The van der Waals surface area contributed by atoms with E-state index in [9.17, 15) is 4.79 Å². The quantitative estimate of drug-likeness (QED) is 0.755. The fourth-order valence-corrected chi connectivity index (χ4v) is 1.97. The topological polar surface area (TPSA) is 64.7 Å². The fraction of sp³-hybridized carbons (Fsp3) is 0.154. The zero-order valence-corrected chi connectivity index (χ0v) is 10.7. The van der Waals surface area contributed by atoms with Gasteiger partial charge in [-0.1, -0.05) is 12.1 Å². The first-order chi connectivity index (χ1) is 9.15. The lowest BCUT2D eigenvalue weighted by atomic mass is 10.3. The van der Waals surface area contributed by atoms with Crippen molar-refractivity contribution in [3.63, 3.8) is 0 Å². The number of fused-ring (bicyclic) bond motifs is 1. The van der Waals surface area contributed by atoms with E-state index in [1.54, 1.807) is 17.9 Å². The molecule has 2 aromatic heterocycles. The van der Waals surface area contributed by atoms with Gasteiger partial charge in [0.2, 0.25) is 5.95 Å². The molecule has 0 aliphatic heterocycles. The van der Waals surface area contributed by atoms with E-state index in [2.05, 4.69) is 15.4 Å². The maximum absolute atomic E-state index is 12.0. The van der Waals surface area contributed by atoms with Crippen molar-refractivity contribution < 1.29 is 4.79 Å². The Bertz CT molecular complexity index is 755. The molecule has 96 valence electrons. The number of para-hydroxylation sites is 2. The van der Waals surface area contributed by atoms with Gasteiger partial charge < -0.3 is 4.57 Å². The molecule has 0 unspecified atom stereocenters. The number of rotatable bonds is 2. The normalized spacial score (nSPS) is 10.8. The van der Waals surface area contributed by atoms with Crippen LogP contribution >= 0.6 is 0 Å². The van der Waals surface area contributed by atoms with E-state index in [4.69, 9.17) is 0 Å². The summed E-state index contributed by atoms with van der Waals surface area (Å²) in [5.74, 6) is 0.307. The molecule has 0 bridgehead atoms. The molecule has 0 aliphatic rings. The molecule has 0 atom stereocenters. The van der Waals surface area contributed by atoms with Gasteiger partial charge in [-0.25, -0.2) is 4.98 Å². The van der Waals surface area contributed by atoms with Gasteiger partial charge in [0.15, 0.2) is 0 Å². The lowest BCUT2D eigenvalue weighted by Gasteiger charge is -2.03. The molecule has 6 heteroatoms. The molecule has 0 spiro atoms. The van der Waals surface area contributed by atoms with Gasteiger partial charge in [-0.2, -0.15) is 5.10 Å². The van der Waals surface area contributed by atoms with Crippen LogP contribution in [0.15, 0.2) is 36.7 Å². The number of imidazole rings is 1. The zero-order chi connectivity index (χ0) is 13.4. The molecule has 19 heavy (non-hydrogen) atoms. The summed E-state index contributed by atoms with van der Waals surface area (Å²) in [6, 6.07) is 7.73. The van der Waals surface area contributed by atoms with Gasteiger partial charge in [-0.05, 0) is 12.1 Å². The molecule has 3 aromatic rings. The van der Waals surface area contributed by atoms with Crippen molar-refractivity contribution in [2.75, 3.05) is 5.32 Å². The average Bonchev–Trinajstić information content (AvgIpc) is 2.96. The van der Waals surface area contributed by atoms with Gasteiger partial charge in [0.25, 0.3) is 5.91 Å². The van der Waals surface area contributed by atoms with Crippen LogP contribution < -0.4 is 5.32 Å². The summed E-state index contributed by atoms with van der Waals surface area (Å²) in [5, 5.41) is 6.76. The summed E-state index contributed by atoms with van der Waals surface area (Å²) in [6.07, 6.45) is 3.19. The van der Waals surface area contributed by atoms with Crippen molar-refractivity contribution in [2.45, 2.75) is 0 Å². The first kappa shape index (κ1) is 11.5. The Morgan fingerprint density at radius 1 is 1.26 bits per heavy atom. The number of anilines is 1. The number of benzene rings is 1. The van der Waals surface area contributed by atoms with E-state index in [1.807, 2.05) is 35.9 Å². The second kappa shape index (κ2) is 4.24. The Labute approximate surface area is 109 Å². The van der Waals surface area contributed by atoms with Gasteiger partial charge >= 0.3 is 0 Å². The zero-order valence-electron chi connectivity index (χ0n) is 10.7. The number of nitrogens with one attached hydrogen (secondary N) is 1. The van der Waals surface area contributed by atoms with E-state index in [1.165, 1.54) is 6.20 Å². The Kier molecular flexibility index (Phi) is 2.56. The van der Waals surface area contributed by atoms with Gasteiger partial charge in [0, 0.05) is 20.3 Å². The summed E-state index contributed by atoms with van der Waals surface area (Å²) in [4.78, 5) is 16.4. The Balaban J connectivity index is 1.93. The number of nitrogens with zero attached hydrogens (tertiary/aromatic N) is 4. The van der Waals surface area contributed by atoms with Crippen molar-refractivity contribution in [2.24, 2.45) is 14.1 Å². The summed E-state index contributed by atoms with van der Waals surface area (Å²) in [7, 11) is 3.64.